The Morgan fingerprint density at radius 1 is 1.29 bits per heavy atom. The van der Waals surface area contributed by atoms with Gasteiger partial charge in [-0.1, -0.05) is 62.9 Å². The average molecular weight is 287 g/mol. The number of benzene rings is 1. The van der Waals surface area contributed by atoms with Crippen LogP contribution in [0.5, 0.6) is 0 Å². The maximum Gasteiger partial charge on any atom is 0.330 e. The molecule has 0 amide bonds. The summed E-state index contributed by atoms with van der Waals surface area (Å²) in [5.74, 6) is -0.361. The van der Waals surface area contributed by atoms with E-state index in [9.17, 15) is 4.79 Å². The standard InChI is InChI=1S/C18H25NO2/c1-4-18(20)21-15-14-17(19(5-2)6-3)13-12-16-10-8-7-9-11-16/h4,7-13,17H,1,5-6,14-15H2,2-3H3. The zero-order chi connectivity index (χ0) is 15.5. The number of carbonyl (C=O) groups is 1. The summed E-state index contributed by atoms with van der Waals surface area (Å²) in [6.45, 7) is 10.0. The van der Waals surface area contributed by atoms with E-state index in [1.165, 1.54) is 11.6 Å². The van der Waals surface area contributed by atoms with Gasteiger partial charge in [0.1, 0.15) is 0 Å². The number of nitrogens with zero attached hydrogens (tertiary/aromatic N) is 1. The van der Waals surface area contributed by atoms with E-state index in [4.69, 9.17) is 4.74 Å². The Labute approximate surface area is 127 Å². The summed E-state index contributed by atoms with van der Waals surface area (Å²) >= 11 is 0. The first kappa shape index (κ1) is 17.2. The molecule has 0 radical (unpaired) electrons. The molecule has 1 unspecified atom stereocenters. The van der Waals surface area contributed by atoms with Crippen molar-refractivity contribution in [2.24, 2.45) is 0 Å². The van der Waals surface area contributed by atoms with E-state index >= 15 is 0 Å². The van der Waals surface area contributed by atoms with E-state index in [-0.39, 0.29) is 12.0 Å². The van der Waals surface area contributed by atoms with Crippen molar-refractivity contribution in [2.75, 3.05) is 19.7 Å². The van der Waals surface area contributed by atoms with Gasteiger partial charge in [-0.05, 0) is 18.7 Å². The summed E-state index contributed by atoms with van der Waals surface area (Å²) in [5.41, 5.74) is 1.18. The van der Waals surface area contributed by atoms with Crippen molar-refractivity contribution in [3.05, 3.63) is 54.6 Å². The molecule has 0 aliphatic rings. The van der Waals surface area contributed by atoms with Crippen LogP contribution < -0.4 is 0 Å². The summed E-state index contributed by atoms with van der Waals surface area (Å²) < 4.78 is 5.10. The first-order valence-electron chi connectivity index (χ1n) is 7.47. The van der Waals surface area contributed by atoms with Gasteiger partial charge < -0.3 is 4.74 Å². The Morgan fingerprint density at radius 3 is 2.52 bits per heavy atom. The molecule has 3 heteroatoms. The van der Waals surface area contributed by atoms with Gasteiger partial charge in [0.15, 0.2) is 0 Å². The molecular formula is C18H25NO2. The molecule has 21 heavy (non-hydrogen) atoms. The topological polar surface area (TPSA) is 29.5 Å². The van der Waals surface area contributed by atoms with Crippen molar-refractivity contribution < 1.29 is 9.53 Å². The third-order valence-electron chi connectivity index (χ3n) is 3.42. The Hall–Kier alpha value is -1.87. The van der Waals surface area contributed by atoms with Crippen LogP contribution in [0.4, 0.5) is 0 Å². The lowest BCUT2D eigenvalue weighted by atomic mass is 10.1. The van der Waals surface area contributed by atoms with Crippen molar-refractivity contribution >= 4 is 12.0 Å². The number of rotatable bonds is 9. The third-order valence-corrected chi connectivity index (χ3v) is 3.42. The van der Waals surface area contributed by atoms with Crippen LogP contribution in [0.15, 0.2) is 49.1 Å². The first-order chi connectivity index (χ1) is 10.2. The summed E-state index contributed by atoms with van der Waals surface area (Å²) in [6.07, 6.45) is 6.29. The van der Waals surface area contributed by atoms with Gasteiger partial charge in [0, 0.05) is 18.5 Å². The fourth-order valence-electron chi connectivity index (χ4n) is 2.22. The van der Waals surface area contributed by atoms with E-state index in [1.807, 2.05) is 18.2 Å². The van der Waals surface area contributed by atoms with Crippen LogP contribution in [0.2, 0.25) is 0 Å². The van der Waals surface area contributed by atoms with Gasteiger partial charge in [-0.2, -0.15) is 0 Å². The van der Waals surface area contributed by atoms with Gasteiger partial charge in [0.05, 0.1) is 6.61 Å². The highest BCUT2D eigenvalue weighted by molar-refractivity contribution is 5.81. The van der Waals surface area contributed by atoms with Crippen LogP contribution in [-0.2, 0) is 9.53 Å². The molecule has 0 aliphatic heterocycles. The number of hydrogen-bond donors (Lipinski definition) is 0. The molecule has 114 valence electrons. The van der Waals surface area contributed by atoms with Crippen LogP contribution in [0.3, 0.4) is 0 Å². The molecule has 1 rings (SSSR count). The quantitative estimate of drug-likeness (QED) is 0.514. The maximum atomic E-state index is 11.1. The smallest absolute Gasteiger partial charge is 0.330 e. The molecule has 0 fully saturated rings. The van der Waals surface area contributed by atoms with Crippen molar-refractivity contribution in [1.82, 2.24) is 4.90 Å². The average Bonchev–Trinajstić information content (AvgIpc) is 2.53. The fraction of sp³-hybridized carbons (Fsp3) is 0.389. The number of esters is 1. The molecule has 1 aromatic carbocycles. The third kappa shape index (κ3) is 6.41. The molecule has 0 saturated heterocycles. The molecule has 0 N–H and O–H groups in total. The summed E-state index contributed by atoms with van der Waals surface area (Å²) in [6, 6.07) is 10.5. The molecule has 0 heterocycles. The second-order valence-electron chi connectivity index (χ2n) is 4.72. The van der Waals surface area contributed by atoms with E-state index in [1.54, 1.807) is 0 Å². The number of ether oxygens (including phenoxy) is 1. The second kappa shape index (κ2) is 9.94. The van der Waals surface area contributed by atoms with Crippen LogP contribution in [0.25, 0.3) is 6.08 Å². The number of hydrogen-bond acceptors (Lipinski definition) is 3. The molecule has 0 bridgehead atoms. The SMILES string of the molecule is C=CC(=O)OCCC(C=Cc1ccccc1)N(CC)CC. The van der Waals surface area contributed by atoms with Gasteiger partial charge >= 0.3 is 5.97 Å². The first-order valence-corrected chi connectivity index (χ1v) is 7.47. The van der Waals surface area contributed by atoms with Crippen molar-refractivity contribution in [1.29, 1.82) is 0 Å². The maximum absolute atomic E-state index is 11.1. The van der Waals surface area contributed by atoms with E-state index in [0.29, 0.717) is 6.61 Å². The number of likely N-dealkylation sites (N-methyl/N-ethyl adjacent to an activating group) is 1. The normalized spacial score (nSPS) is 12.5. The fourth-order valence-corrected chi connectivity index (χ4v) is 2.22. The van der Waals surface area contributed by atoms with Crippen LogP contribution in [0.1, 0.15) is 25.8 Å². The lowest BCUT2D eigenvalue weighted by Crippen LogP contribution is -2.34. The molecule has 1 aromatic rings. The lowest BCUT2D eigenvalue weighted by Gasteiger charge is -2.27. The van der Waals surface area contributed by atoms with E-state index < -0.39 is 0 Å². The monoisotopic (exact) mass is 287 g/mol. The zero-order valence-electron chi connectivity index (χ0n) is 13.0. The highest BCUT2D eigenvalue weighted by atomic mass is 16.5. The second-order valence-corrected chi connectivity index (χ2v) is 4.72. The minimum Gasteiger partial charge on any atom is -0.462 e. The molecule has 0 aromatic heterocycles. The largest absolute Gasteiger partial charge is 0.462 e. The zero-order valence-corrected chi connectivity index (χ0v) is 13.0. The van der Waals surface area contributed by atoms with E-state index in [0.717, 1.165) is 19.5 Å². The Bertz CT molecular complexity index is 450. The van der Waals surface area contributed by atoms with Gasteiger partial charge in [0.25, 0.3) is 0 Å². The minimum atomic E-state index is -0.361. The Kier molecular flexibility index (Phi) is 8.14. The van der Waals surface area contributed by atoms with Crippen molar-refractivity contribution in [3.63, 3.8) is 0 Å². The molecule has 0 spiro atoms. The predicted octanol–water partition coefficient (Wildman–Crippen LogP) is 3.53. The summed E-state index contributed by atoms with van der Waals surface area (Å²) in [4.78, 5) is 13.5. The molecule has 1 atom stereocenters. The van der Waals surface area contributed by atoms with Gasteiger partial charge in [-0.3, -0.25) is 4.90 Å². The lowest BCUT2D eigenvalue weighted by molar-refractivity contribution is -0.138. The summed E-state index contributed by atoms with van der Waals surface area (Å²) in [5, 5.41) is 0. The van der Waals surface area contributed by atoms with Crippen molar-refractivity contribution in [3.8, 4) is 0 Å². The predicted molar refractivity (Wildman–Crippen MR) is 88.0 cm³/mol. The highest BCUT2D eigenvalue weighted by Crippen LogP contribution is 2.10. The van der Waals surface area contributed by atoms with Crippen molar-refractivity contribution in [2.45, 2.75) is 26.3 Å². The van der Waals surface area contributed by atoms with Gasteiger partial charge in [0.2, 0.25) is 0 Å². The van der Waals surface area contributed by atoms with Crippen LogP contribution >= 0.6 is 0 Å². The molecular weight excluding hydrogens is 262 g/mol. The van der Waals surface area contributed by atoms with Gasteiger partial charge in [-0.25, -0.2) is 4.79 Å². The van der Waals surface area contributed by atoms with E-state index in [2.05, 4.69) is 49.6 Å². The molecule has 0 aliphatic carbocycles. The molecule has 0 saturated carbocycles. The minimum absolute atomic E-state index is 0.262. The number of carbonyl (C=O) groups excluding carboxylic acids is 1. The van der Waals surface area contributed by atoms with Gasteiger partial charge in [-0.15, -0.1) is 0 Å². The van der Waals surface area contributed by atoms with Crippen LogP contribution in [-0.4, -0.2) is 36.6 Å². The van der Waals surface area contributed by atoms with Crippen LogP contribution in [0, 0.1) is 0 Å². The highest BCUT2D eigenvalue weighted by Gasteiger charge is 2.13. The Morgan fingerprint density at radius 2 is 1.95 bits per heavy atom. The summed E-state index contributed by atoms with van der Waals surface area (Å²) in [7, 11) is 0. The molecule has 3 nitrogen and oxygen atoms in total. The Balaban J connectivity index is 2.65.